The summed E-state index contributed by atoms with van der Waals surface area (Å²) in [7, 11) is 0. The van der Waals surface area contributed by atoms with Gasteiger partial charge in [-0.1, -0.05) is 69.0 Å². The summed E-state index contributed by atoms with van der Waals surface area (Å²) in [6.45, 7) is 15.9. The number of thioether (sulfide) groups is 1. The third-order valence-corrected chi connectivity index (χ3v) is 8.26. The first-order valence-electron chi connectivity index (χ1n) is 15.5. The summed E-state index contributed by atoms with van der Waals surface area (Å²) in [4.78, 5) is 43.5. The number of unbranched alkanes of at least 4 members (excludes halogenated alkanes) is 4. The lowest BCUT2D eigenvalue weighted by Crippen LogP contribution is -2.53. The molecular formula is C35H53N3O4S. The molecule has 2 unspecified atom stereocenters. The summed E-state index contributed by atoms with van der Waals surface area (Å²) in [5.41, 5.74) is 4.75. The summed E-state index contributed by atoms with van der Waals surface area (Å²) in [5, 5.41) is 6.02. The van der Waals surface area contributed by atoms with E-state index in [4.69, 9.17) is 4.74 Å². The molecule has 0 bridgehead atoms. The van der Waals surface area contributed by atoms with E-state index < -0.39 is 23.8 Å². The van der Waals surface area contributed by atoms with Crippen LogP contribution in [0.3, 0.4) is 0 Å². The maximum absolute atomic E-state index is 14.5. The average Bonchev–Trinajstić information content (AvgIpc) is 2.93. The van der Waals surface area contributed by atoms with E-state index in [1.165, 1.54) is 0 Å². The van der Waals surface area contributed by atoms with Crippen LogP contribution in [0.5, 0.6) is 0 Å². The van der Waals surface area contributed by atoms with Crippen LogP contribution in [0.4, 0.5) is 10.5 Å². The summed E-state index contributed by atoms with van der Waals surface area (Å²) in [5.74, 6) is 0.117. The molecule has 0 aromatic heterocycles. The van der Waals surface area contributed by atoms with Crippen molar-refractivity contribution < 1.29 is 19.1 Å². The van der Waals surface area contributed by atoms with Crippen LogP contribution in [0.2, 0.25) is 0 Å². The minimum Gasteiger partial charge on any atom is -0.444 e. The van der Waals surface area contributed by atoms with Crippen molar-refractivity contribution in [2.45, 2.75) is 112 Å². The third-order valence-electron chi connectivity index (χ3n) is 7.62. The highest BCUT2D eigenvalue weighted by molar-refractivity contribution is 7.98. The second-order valence-corrected chi connectivity index (χ2v) is 13.4. The number of amides is 3. The summed E-state index contributed by atoms with van der Waals surface area (Å²) < 4.78 is 5.53. The number of carbonyl (C=O) groups excluding carboxylic acids is 3. The number of hydrogen-bond donors (Lipinski definition) is 2. The number of ether oxygens (including phenoxy) is 1. The zero-order chi connectivity index (χ0) is 32.2. The number of rotatable bonds is 15. The topological polar surface area (TPSA) is 87.7 Å². The van der Waals surface area contributed by atoms with Crippen LogP contribution in [0, 0.1) is 27.7 Å². The number of nitrogens with zero attached hydrogens (tertiary/aromatic N) is 1. The van der Waals surface area contributed by atoms with Crippen molar-refractivity contribution in [1.82, 2.24) is 10.2 Å². The lowest BCUT2D eigenvalue weighted by Gasteiger charge is -2.35. The monoisotopic (exact) mass is 611 g/mol. The van der Waals surface area contributed by atoms with Crippen molar-refractivity contribution in [2.24, 2.45) is 0 Å². The Morgan fingerprint density at radius 2 is 1.51 bits per heavy atom. The van der Waals surface area contributed by atoms with Crippen LogP contribution >= 0.6 is 11.8 Å². The fourth-order valence-corrected chi connectivity index (χ4v) is 5.59. The van der Waals surface area contributed by atoms with Crippen molar-refractivity contribution in [2.75, 3.05) is 23.9 Å². The number of aryl methyl sites for hydroxylation is 3. The number of nitrogens with one attached hydrogen (secondary N) is 2. The lowest BCUT2D eigenvalue weighted by atomic mass is 9.94. The molecule has 0 fully saturated rings. The minimum absolute atomic E-state index is 0.270. The van der Waals surface area contributed by atoms with E-state index in [-0.39, 0.29) is 11.8 Å². The number of anilines is 1. The predicted molar refractivity (Wildman–Crippen MR) is 180 cm³/mol. The molecule has 0 spiro atoms. The predicted octanol–water partition coefficient (Wildman–Crippen LogP) is 8.05. The molecule has 7 nitrogen and oxygen atoms in total. The largest absolute Gasteiger partial charge is 0.444 e. The summed E-state index contributed by atoms with van der Waals surface area (Å²) in [6.07, 6.45) is 6.75. The Bertz CT molecular complexity index is 1200. The molecule has 43 heavy (non-hydrogen) atoms. The van der Waals surface area contributed by atoms with Gasteiger partial charge in [0.2, 0.25) is 5.91 Å². The molecule has 3 amide bonds. The van der Waals surface area contributed by atoms with E-state index in [1.54, 1.807) is 37.4 Å². The molecule has 8 heteroatoms. The smallest absolute Gasteiger partial charge is 0.408 e. The molecule has 238 valence electrons. The first kappa shape index (κ1) is 36.2. The number of hydrogen-bond acceptors (Lipinski definition) is 5. The van der Waals surface area contributed by atoms with Gasteiger partial charge >= 0.3 is 6.09 Å². The van der Waals surface area contributed by atoms with Crippen molar-refractivity contribution in [3.05, 3.63) is 64.2 Å². The van der Waals surface area contributed by atoms with E-state index in [9.17, 15) is 14.4 Å². The van der Waals surface area contributed by atoms with Crippen LogP contribution < -0.4 is 10.6 Å². The van der Waals surface area contributed by atoms with Gasteiger partial charge in [-0.15, -0.1) is 0 Å². The fourth-order valence-electron chi connectivity index (χ4n) is 5.12. The zero-order valence-electron chi connectivity index (χ0n) is 27.8. The number of carbonyl (C=O) groups is 3. The first-order valence-corrected chi connectivity index (χ1v) is 16.9. The lowest BCUT2D eigenvalue weighted by molar-refractivity contribution is -0.141. The molecule has 0 heterocycles. The van der Waals surface area contributed by atoms with Gasteiger partial charge in [-0.2, -0.15) is 11.8 Å². The van der Waals surface area contributed by atoms with Gasteiger partial charge < -0.3 is 20.3 Å². The standard InChI is InChI=1S/C35H53N3O4S/c1-10-11-12-13-14-22-38(33(40)29(21-23-43-9)36-34(41)42-35(6,7)8)31(28-20-16-17-24(2)27(28)5)32(39)37-30-25(3)18-15-19-26(30)4/h15-20,29,31H,10-14,21-23H2,1-9H3,(H,36,41)(H,37,39). The highest BCUT2D eigenvalue weighted by Gasteiger charge is 2.37. The Labute approximate surface area is 263 Å². The second-order valence-electron chi connectivity index (χ2n) is 12.4. The third kappa shape index (κ3) is 11.2. The Balaban J connectivity index is 2.62. The average molecular weight is 612 g/mol. The SMILES string of the molecule is CCCCCCCN(C(=O)C(CCSC)NC(=O)OC(C)(C)C)C(C(=O)Nc1c(C)cccc1C)c1cccc(C)c1C. The van der Waals surface area contributed by atoms with Gasteiger partial charge in [0, 0.05) is 12.2 Å². The van der Waals surface area contributed by atoms with Crippen LogP contribution in [0.15, 0.2) is 36.4 Å². The van der Waals surface area contributed by atoms with Crippen LogP contribution in [0.1, 0.15) is 100 Å². The quantitative estimate of drug-likeness (QED) is 0.199. The summed E-state index contributed by atoms with van der Waals surface area (Å²) >= 11 is 1.60. The molecule has 2 atom stereocenters. The Morgan fingerprint density at radius 1 is 0.907 bits per heavy atom. The van der Waals surface area contributed by atoms with Gasteiger partial charge in [-0.25, -0.2) is 4.79 Å². The Hall–Kier alpha value is -3.00. The zero-order valence-corrected chi connectivity index (χ0v) is 28.6. The molecule has 0 aliphatic rings. The molecule has 2 N–H and O–H groups in total. The van der Waals surface area contributed by atoms with Crippen molar-refractivity contribution in [3.8, 4) is 0 Å². The minimum atomic E-state index is -0.880. The highest BCUT2D eigenvalue weighted by atomic mass is 32.2. The normalized spacial score (nSPS) is 12.8. The second kappa shape index (κ2) is 17.3. The van der Waals surface area contributed by atoms with Crippen LogP contribution in [0.25, 0.3) is 0 Å². The molecule has 0 radical (unpaired) electrons. The van der Waals surface area contributed by atoms with Crippen LogP contribution in [-0.4, -0.2) is 53.0 Å². The molecule has 2 aromatic rings. The fraction of sp³-hybridized carbons (Fsp3) is 0.571. The Kier molecular flexibility index (Phi) is 14.6. The van der Waals surface area contributed by atoms with Crippen LogP contribution in [-0.2, 0) is 14.3 Å². The maximum atomic E-state index is 14.5. The molecule has 0 aliphatic carbocycles. The molecule has 0 saturated carbocycles. The number of benzene rings is 2. The number of alkyl carbamates (subject to hydrolysis) is 1. The van der Waals surface area contributed by atoms with Gasteiger partial charge in [0.15, 0.2) is 0 Å². The number of para-hydroxylation sites is 1. The van der Waals surface area contributed by atoms with E-state index in [1.807, 2.05) is 70.3 Å². The van der Waals surface area contributed by atoms with E-state index >= 15 is 0 Å². The molecule has 2 rings (SSSR count). The molecule has 0 aliphatic heterocycles. The summed E-state index contributed by atoms with van der Waals surface area (Å²) in [6, 6.07) is 10.1. The van der Waals surface area contributed by atoms with Crippen molar-refractivity contribution >= 4 is 35.4 Å². The van der Waals surface area contributed by atoms with E-state index in [0.717, 1.165) is 65.6 Å². The van der Waals surface area contributed by atoms with E-state index in [0.29, 0.717) is 18.7 Å². The first-order chi connectivity index (χ1) is 20.3. The van der Waals surface area contributed by atoms with Gasteiger partial charge in [-0.05, 0) is 101 Å². The molecule has 2 aromatic carbocycles. The van der Waals surface area contributed by atoms with Gasteiger partial charge in [0.05, 0.1) is 0 Å². The Morgan fingerprint density at radius 3 is 2.12 bits per heavy atom. The van der Waals surface area contributed by atoms with Gasteiger partial charge in [-0.3, -0.25) is 9.59 Å². The maximum Gasteiger partial charge on any atom is 0.408 e. The highest BCUT2D eigenvalue weighted by Crippen LogP contribution is 2.31. The van der Waals surface area contributed by atoms with Gasteiger partial charge in [0.25, 0.3) is 5.91 Å². The van der Waals surface area contributed by atoms with Crippen molar-refractivity contribution in [1.29, 1.82) is 0 Å². The molecule has 0 saturated heterocycles. The van der Waals surface area contributed by atoms with E-state index in [2.05, 4.69) is 17.6 Å². The van der Waals surface area contributed by atoms with Gasteiger partial charge in [0.1, 0.15) is 17.7 Å². The molecular weight excluding hydrogens is 558 g/mol. The van der Waals surface area contributed by atoms with Crippen molar-refractivity contribution in [3.63, 3.8) is 0 Å².